The van der Waals surface area contributed by atoms with Crippen LogP contribution in [-0.2, 0) is 20.6 Å². The van der Waals surface area contributed by atoms with Gasteiger partial charge in [-0.25, -0.2) is 12.7 Å². The Labute approximate surface area is 134 Å². The Morgan fingerprint density at radius 2 is 2.05 bits per heavy atom. The molecule has 0 radical (unpaired) electrons. The number of carbonyl (C=O) groups is 1. The molecule has 0 aromatic heterocycles. The lowest BCUT2D eigenvalue weighted by Crippen LogP contribution is -2.40. The van der Waals surface area contributed by atoms with E-state index in [0.29, 0.717) is 23.4 Å². The molecule has 1 N–H and O–H groups in total. The Bertz CT molecular complexity index is 719. The fourth-order valence-corrected chi connectivity index (χ4v) is 4.21. The summed E-state index contributed by atoms with van der Waals surface area (Å²) in [5, 5.41) is 18.4. The van der Waals surface area contributed by atoms with Crippen molar-refractivity contribution >= 4 is 27.6 Å². The Kier molecular flexibility index (Phi) is 5.06. The normalized spacial score (nSPS) is 17.1. The number of sulfonamides is 1. The van der Waals surface area contributed by atoms with Crippen LogP contribution in [0.5, 0.6) is 0 Å². The highest BCUT2D eigenvalue weighted by molar-refractivity contribution is 7.88. The van der Waals surface area contributed by atoms with Crippen molar-refractivity contribution < 1.29 is 18.3 Å². The lowest BCUT2D eigenvalue weighted by molar-refractivity contribution is -0.142. The second-order valence-electron chi connectivity index (χ2n) is 5.18. The van der Waals surface area contributed by atoms with Crippen molar-refractivity contribution in [2.75, 3.05) is 13.1 Å². The first-order chi connectivity index (χ1) is 10.3. The van der Waals surface area contributed by atoms with E-state index < -0.39 is 21.9 Å². The zero-order valence-corrected chi connectivity index (χ0v) is 13.3. The molecule has 0 unspecified atom stereocenters. The van der Waals surface area contributed by atoms with Gasteiger partial charge in [-0.15, -0.1) is 0 Å². The quantitative estimate of drug-likeness (QED) is 0.900. The van der Waals surface area contributed by atoms with Crippen LogP contribution in [0.1, 0.15) is 24.0 Å². The monoisotopic (exact) mass is 342 g/mol. The molecule has 1 heterocycles. The van der Waals surface area contributed by atoms with E-state index in [2.05, 4.69) is 0 Å². The molecule has 0 amide bonds. The van der Waals surface area contributed by atoms with Gasteiger partial charge in [-0.2, -0.15) is 5.26 Å². The summed E-state index contributed by atoms with van der Waals surface area (Å²) >= 11 is 5.79. The van der Waals surface area contributed by atoms with Crippen LogP contribution in [0, 0.1) is 17.2 Å². The number of halogens is 1. The van der Waals surface area contributed by atoms with Gasteiger partial charge >= 0.3 is 5.97 Å². The fraction of sp³-hybridized carbons (Fsp3) is 0.429. The lowest BCUT2D eigenvalue weighted by atomic mass is 9.99. The number of piperidine rings is 1. The molecule has 0 atom stereocenters. The smallest absolute Gasteiger partial charge is 0.306 e. The van der Waals surface area contributed by atoms with Crippen LogP contribution < -0.4 is 0 Å². The highest BCUT2D eigenvalue weighted by atomic mass is 35.5. The van der Waals surface area contributed by atoms with Gasteiger partial charge in [0.05, 0.1) is 23.3 Å². The largest absolute Gasteiger partial charge is 0.481 e. The maximum atomic E-state index is 12.4. The van der Waals surface area contributed by atoms with Crippen molar-refractivity contribution in [3.63, 3.8) is 0 Å². The molecule has 22 heavy (non-hydrogen) atoms. The van der Waals surface area contributed by atoms with E-state index in [-0.39, 0.29) is 24.4 Å². The van der Waals surface area contributed by atoms with Gasteiger partial charge in [-0.1, -0.05) is 17.7 Å². The SMILES string of the molecule is N#Cc1cc(Cl)ccc1CS(=O)(=O)N1CCC(C(=O)O)CC1. The Balaban J connectivity index is 2.13. The van der Waals surface area contributed by atoms with Gasteiger partial charge in [0.1, 0.15) is 0 Å². The number of rotatable bonds is 4. The molecule has 6 nitrogen and oxygen atoms in total. The van der Waals surface area contributed by atoms with Crippen LogP contribution in [0.15, 0.2) is 18.2 Å². The number of benzene rings is 1. The molecule has 0 bridgehead atoms. The second kappa shape index (κ2) is 6.65. The van der Waals surface area contributed by atoms with Crippen molar-refractivity contribution in [2.45, 2.75) is 18.6 Å². The van der Waals surface area contributed by atoms with E-state index in [0.717, 1.165) is 0 Å². The van der Waals surface area contributed by atoms with Gasteiger partial charge in [0.2, 0.25) is 10.0 Å². The average molecular weight is 343 g/mol. The van der Waals surface area contributed by atoms with Gasteiger partial charge in [0.15, 0.2) is 0 Å². The Morgan fingerprint density at radius 1 is 1.41 bits per heavy atom. The molecule has 1 aromatic carbocycles. The summed E-state index contributed by atoms with van der Waals surface area (Å²) in [5.41, 5.74) is 0.628. The van der Waals surface area contributed by atoms with Gasteiger partial charge in [0, 0.05) is 18.1 Å². The maximum Gasteiger partial charge on any atom is 0.306 e. The van der Waals surface area contributed by atoms with Crippen molar-refractivity contribution in [1.82, 2.24) is 4.31 Å². The maximum absolute atomic E-state index is 12.4. The van der Waals surface area contributed by atoms with Crippen LogP contribution in [0.2, 0.25) is 5.02 Å². The van der Waals surface area contributed by atoms with E-state index >= 15 is 0 Å². The number of hydrogen-bond donors (Lipinski definition) is 1. The third kappa shape index (κ3) is 3.77. The molecule has 1 aliphatic rings. The first kappa shape index (κ1) is 16.7. The number of hydrogen-bond acceptors (Lipinski definition) is 4. The highest BCUT2D eigenvalue weighted by Crippen LogP contribution is 2.23. The zero-order chi connectivity index (χ0) is 16.3. The molecule has 2 rings (SSSR count). The van der Waals surface area contributed by atoms with Crippen LogP contribution in [0.3, 0.4) is 0 Å². The van der Waals surface area contributed by atoms with E-state index in [4.69, 9.17) is 22.0 Å². The number of nitrogens with zero attached hydrogens (tertiary/aromatic N) is 2. The molecule has 118 valence electrons. The van der Waals surface area contributed by atoms with Crippen LogP contribution in [0.25, 0.3) is 0 Å². The molecular formula is C14H15ClN2O4S. The first-order valence-corrected chi connectivity index (χ1v) is 8.71. The van der Waals surface area contributed by atoms with Crippen molar-refractivity contribution in [3.05, 3.63) is 34.3 Å². The molecule has 1 aliphatic heterocycles. The predicted octanol–water partition coefficient (Wildman–Crippen LogP) is 1.84. The Hall–Kier alpha value is -1.62. The van der Waals surface area contributed by atoms with Gasteiger partial charge in [0.25, 0.3) is 0 Å². The number of carboxylic acids is 1. The van der Waals surface area contributed by atoms with Crippen molar-refractivity contribution in [1.29, 1.82) is 5.26 Å². The minimum absolute atomic E-state index is 0.189. The van der Waals surface area contributed by atoms with E-state index in [1.54, 1.807) is 6.07 Å². The van der Waals surface area contributed by atoms with Gasteiger partial charge < -0.3 is 5.11 Å². The standard InChI is InChI=1S/C14H15ClN2O4S/c15-13-2-1-11(12(7-13)8-16)9-22(20,21)17-5-3-10(4-6-17)14(18)19/h1-2,7,10H,3-6,9H2,(H,18,19). The zero-order valence-electron chi connectivity index (χ0n) is 11.7. The molecule has 0 spiro atoms. The van der Waals surface area contributed by atoms with E-state index in [1.807, 2.05) is 6.07 Å². The Morgan fingerprint density at radius 3 is 2.59 bits per heavy atom. The predicted molar refractivity (Wildman–Crippen MR) is 80.7 cm³/mol. The lowest BCUT2D eigenvalue weighted by Gasteiger charge is -2.29. The van der Waals surface area contributed by atoms with Gasteiger partial charge in [-0.3, -0.25) is 4.79 Å². The molecule has 1 saturated heterocycles. The number of aliphatic carboxylic acids is 1. The molecule has 0 saturated carbocycles. The third-order valence-electron chi connectivity index (χ3n) is 3.73. The topological polar surface area (TPSA) is 98.5 Å². The number of carboxylic acid groups (broad SMARTS) is 1. The average Bonchev–Trinajstić information content (AvgIpc) is 2.49. The molecule has 1 aromatic rings. The van der Waals surface area contributed by atoms with E-state index in [1.165, 1.54) is 16.4 Å². The van der Waals surface area contributed by atoms with Crippen LogP contribution in [0.4, 0.5) is 0 Å². The summed E-state index contributed by atoms with van der Waals surface area (Å²) in [6.07, 6.45) is 0.612. The van der Waals surface area contributed by atoms with E-state index in [9.17, 15) is 13.2 Å². The molecule has 0 aliphatic carbocycles. The third-order valence-corrected chi connectivity index (χ3v) is 5.79. The highest BCUT2D eigenvalue weighted by Gasteiger charge is 2.31. The molecular weight excluding hydrogens is 328 g/mol. The minimum Gasteiger partial charge on any atom is -0.481 e. The van der Waals surface area contributed by atoms with Gasteiger partial charge in [-0.05, 0) is 30.5 Å². The summed E-state index contributed by atoms with van der Waals surface area (Å²) in [5.74, 6) is -1.66. The summed E-state index contributed by atoms with van der Waals surface area (Å²) in [7, 11) is -3.58. The van der Waals surface area contributed by atoms with Crippen LogP contribution >= 0.6 is 11.6 Å². The molecule has 1 fully saturated rings. The molecule has 8 heteroatoms. The summed E-state index contributed by atoms with van der Waals surface area (Å²) < 4.78 is 26.1. The second-order valence-corrected chi connectivity index (χ2v) is 7.59. The van der Waals surface area contributed by atoms with Crippen LogP contribution in [-0.4, -0.2) is 36.9 Å². The minimum atomic E-state index is -3.58. The summed E-state index contributed by atoms with van der Waals surface area (Å²) in [6, 6.07) is 6.45. The summed E-state index contributed by atoms with van der Waals surface area (Å²) in [4.78, 5) is 10.9. The first-order valence-electron chi connectivity index (χ1n) is 6.72. The van der Waals surface area contributed by atoms with Crippen molar-refractivity contribution in [2.24, 2.45) is 5.92 Å². The fourth-order valence-electron chi connectivity index (χ4n) is 2.45. The van der Waals surface area contributed by atoms with Crippen molar-refractivity contribution in [3.8, 4) is 6.07 Å². The number of nitriles is 1. The summed E-state index contributed by atoms with van der Waals surface area (Å²) in [6.45, 7) is 0.379.